The lowest BCUT2D eigenvalue weighted by molar-refractivity contribution is -0.144. The maximum absolute atomic E-state index is 12.7. The Morgan fingerprint density at radius 2 is 2.13 bits per heavy atom. The van der Waals surface area contributed by atoms with Crippen LogP contribution in [0.3, 0.4) is 0 Å². The van der Waals surface area contributed by atoms with Gasteiger partial charge in [-0.1, -0.05) is 12.1 Å². The summed E-state index contributed by atoms with van der Waals surface area (Å²) in [6.45, 7) is 2.64. The SMILES string of the molecule is N#Cc1cccc(CN2C(=O)CCC2C(=O)N2CCOCC2)c1. The second-order valence-electron chi connectivity index (χ2n) is 5.83. The molecular weight excluding hydrogens is 294 g/mol. The van der Waals surface area contributed by atoms with Crippen molar-refractivity contribution in [2.75, 3.05) is 26.3 Å². The van der Waals surface area contributed by atoms with Gasteiger partial charge in [-0.25, -0.2) is 0 Å². The molecule has 0 aromatic heterocycles. The number of morpholine rings is 1. The number of likely N-dealkylation sites (tertiary alicyclic amines) is 1. The van der Waals surface area contributed by atoms with Gasteiger partial charge in [-0.15, -0.1) is 0 Å². The number of hydrogen-bond acceptors (Lipinski definition) is 4. The maximum Gasteiger partial charge on any atom is 0.245 e. The van der Waals surface area contributed by atoms with Crippen molar-refractivity contribution in [2.24, 2.45) is 0 Å². The normalized spacial score (nSPS) is 21.3. The van der Waals surface area contributed by atoms with Gasteiger partial charge in [0.1, 0.15) is 6.04 Å². The van der Waals surface area contributed by atoms with Crippen LogP contribution in [0.25, 0.3) is 0 Å². The minimum Gasteiger partial charge on any atom is -0.378 e. The number of nitrogens with zero attached hydrogens (tertiary/aromatic N) is 3. The molecule has 0 radical (unpaired) electrons. The van der Waals surface area contributed by atoms with Crippen molar-refractivity contribution in [3.05, 3.63) is 35.4 Å². The molecule has 0 spiro atoms. The zero-order chi connectivity index (χ0) is 16.2. The van der Waals surface area contributed by atoms with Crippen LogP contribution in [0, 0.1) is 11.3 Å². The van der Waals surface area contributed by atoms with Crippen molar-refractivity contribution in [1.82, 2.24) is 9.80 Å². The van der Waals surface area contributed by atoms with Crippen LogP contribution in [-0.4, -0.2) is 54.0 Å². The number of carbonyl (C=O) groups is 2. The second kappa shape index (κ2) is 6.80. The zero-order valence-electron chi connectivity index (χ0n) is 12.9. The van der Waals surface area contributed by atoms with Crippen LogP contribution in [0.5, 0.6) is 0 Å². The quantitative estimate of drug-likeness (QED) is 0.831. The summed E-state index contributed by atoms with van der Waals surface area (Å²) in [6, 6.07) is 8.87. The van der Waals surface area contributed by atoms with Crippen molar-refractivity contribution in [3.63, 3.8) is 0 Å². The van der Waals surface area contributed by atoms with Crippen LogP contribution in [0.4, 0.5) is 0 Å². The molecule has 2 heterocycles. The Balaban J connectivity index is 1.74. The lowest BCUT2D eigenvalue weighted by Gasteiger charge is -2.32. The number of ether oxygens (including phenoxy) is 1. The molecule has 2 saturated heterocycles. The summed E-state index contributed by atoms with van der Waals surface area (Å²) >= 11 is 0. The Hall–Kier alpha value is -2.39. The van der Waals surface area contributed by atoms with Crippen molar-refractivity contribution in [2.45, 2.75) is 25.4 Å². The summed E-state index contributed by atoms with van der Waals surface area (Å²) in [7, 11) is 0. The minimum absolute atomic E-state index is 0.000954. The molecule has 6 nitrogen and oxygen atoms in total. The van der Waals surface area contributed by atoms with E-state index in [4.69, 9.17) is 10.00 Å². The first kappa shape index (κ1) is 15.5. The number of amides is 2. The number of benzene rings is 1. The average molecular weight is 313 g/mol. The van der Waals surface area contributed by atoms with E-state index in [0.29, 0.717) is 51.3 Å². The van der Waals surface area contributed by atoms with Crippen molar-refractivity contribution in [1.29, 1.82) is 5.26 Å². The number of hydrogen-bond donors (Lipinski definition) is 0. The smallest absolute Gasteiger partial charge is 0.245 e. The van der Waals surface area contributed by atoms with Gasteiger partial charge in [0.05, 0.1) is 24.8 Å². The zero-order valence-corrected chi connectivity index (χ0v) is 12.9. The molecule has 1 aromatic carbocycles. The monoisotopic (exact) mass is 313 g/mol. The van der Waals surface area contributed by atoms with Gasteiger partial charge in [-0.05, 0) is 24.1 Å². The molecule has 2 amide bonds. The molecule has 2 aliphatic heterocycles. The van der Waals surface area contributed by atoms with Crippen LogP contribution < -0.4 is 0 Å². The van der Waals surface area contributed by atoms with Gasteiger partial charge in [0.15, 0.2) is 0 Å². The molecular formula is C17H19N3O3. The fourth-order valence-electron chi connectivity index (χ4n) is 3.12. The molecule has 1 aromatic rings. The Morgan fingerprint density at radius 3 is 2.87 bits per heavy atom. The van der Waals surface area contributed by atoms with Crippen molar-refractivity contribution in [3.8, 4) is 6.07 Å². The third-order valence-electron chi connectivity index (χ3n) is 4.35. The third kappa shape index (κ3) is 3.35. The highest BCUT2D eigenvalue weighted by Crippen LogP contribution is 2.24. The molecule has 1 atom stereocenters. The van der Waals surface area contributed by atoms with E-state index in [1.807, 2.05) is 6.07 Å². The van der Waals surface area contributed by atoms with E-state index < -0.39 is 6.04 Å². The molecule has 6 heteroatoms. The average Bonchev–Trinajstić information content (AvgIpc) is 2.96. The summed E-state index contributed by atoms with van der Waals surface area (Å²) in [6.07, 6.45) is 0.964. The molecule has 0 saturated carbocycles. The maximum atomic E-state index is 12.7. The molecule has 0 N–H and O–H groups in total. The Labute approximate surface area is 135 Å². The van der Waals surface area contributed by atoms with Crippen LogP contribution in [0.15, 0.2) is 24.3 Å². The van der Waals surface area contributed by atoms with E-state index in [9.17, 15) is 9.59 Å². The van der Waals surface area contributed by atoms with Crippen LogP contribution in [0.2, 0.25) is 0 Å². The molecule has 2 fully saturated rings. The molecule has 23 heavy (non-hydrogen) atoms. The predicted molar refractivity (Wildman–Crippen MR) is 82.1 cm³/mol. The van der Waals surface area contributed by atoms with E-state index in [0.717, 1.165) is 5.56 Å². The number of carbonyl (C=O) groups excluding carboxylic acids is 2. The molecule has 2 aliphatic rings. The van der Waals surface area contributed by atoms with Gasteiger partial charge < -0.3 is 14.5 Å². The minimum atomic E-state index is -0.397. The Bertz CT molecular complexity index is 647. The van der Waals surface area contributed by atoms with Crippen molar-refractivity contribution >= 4 is 11.8 Å². The number of rotatable bonds is 3. The van der Waals surface area contributed by atoms with Gasteiger partial charge in [0.25, 0.3) is 0 Å². The van der Waals surface area contributed by atoms with E-state index in [-0.39, 0.29) is 11.8 Å². The summed E-state index contributed by atoms with van der Waals surface area (Å²) in [5.41, 5.74) is 1.43. The number of nitriles is 1. The molecule has 0 bridgehead atoms. The molecule has 120 valence electrons. The molecule has 1 unspecified atom stereocenters. The highest BCUT2D eigenvalue weighted by Gasteiger charge is 2.38. The predicted octanol–water partition coefficient (Wildman–Crippen LogP) is 0.908. The first-order valence-corrected chi connectivity index (χ1v) is 7.84. The first-order chi connectivity index (χ1) is 11.2. The van der Waals surface area contributed by atoms with E-state index in [1.54, 1.807) is 28.0 Å². The summed E-state index contributed by atoms with van der Waals surface area (Å²) in [4.78, 5) is 28.3. The second-order valence-corrected chi connectivity index (χ2v) is 5.83. The van der Waals surface area contributed by atoms with Gasteiger partial charge in [0, 0.05) is 26.1 Å². The van der Waals surface area contributed by atoms with Crippen LogP contribution >= 0.6 is 0 Å². The summed E-state index contributed by atoms with van der Waals surface area (Å²) in [5, 5.41) is 8.98. The molecule has 3 rings (SSSR count). The summed E-state index contributed by atoms with van der Waals surface area (Å²) < 4.78 is 5.28. The van der Waals surface area contributed by atoms with E-state index in [2.05, 4.69) is 6.07 Å². The molecule has 0 aliphatic carbocycles. The topological polar surface area (TPSA) is 73.6 Å². The lowest BCUT2D eigenvalue weighted by Crippen LogP contribution is -2.50. The van der Waals surface area contributed by atoms with E-state index >= 15 is 0 Å². The standard InChI is InChI=1S/C17H19N3O3/c18-11-13-2-1-3-14(10-13)12-20-15(4-5-16(20)21)17(22)19-6-8-23-9-7-19/h1-3,10,15H,4-9,12H2. The third-order valence-corrected chi connectivity index (χ3v) is 4.35. The highest BCUT2D eigenvalue weighted by molar-refractivity contribution is 5.91. The van der Waals surface area contributed by atoms with Gasteiger partial charge in [0.2, 0.25) is 11.8 Å². The first-order valence-electron chi connectivity index (χ1n) is 7.84. The van der Waals surface area contributed by atoms with Crippen molar-refractivity contribution < 1.29 is 14.3 Å². The van der Waals surface area contributed by atoms with Gasteiger partial charge in [-0.3, -0.25) is 9.59 Å². The fourth-order valence-corrected chi connectivity index (χ4v) is 3.12. The van der Waals surface area contributed by atoms with Gasteiger partial charge >= 0.3 is 0 Å². The Morgan fingerprint density at radius 1 is 1.35 bits per heavy atom. The van der Waals surface area contributed by atoms with Crippen LogP contribution in [0.1, 0.15) is 24.0 Å². The van der Waals surface area contributed by atoms with E-state index in [1.165, 1.54) is 0 Å². The Kier molecular flexibility index (Phi) is 4.58. The highest BCUT2D eigenvalue weighted by atomic mass is 16.5. The largest absolute Gasteiger partial charge is 0.378 e. The van der Waals surface area contributed by atoms with Crippen LogP contribution in [-0.2, 0) is 20.9 Å². The van der Waals surface area contributed by atoms with Gasteiger partial charge in [-0.2, -0.15) is 5.26 Å². The summed E-state index contributed by atoms with van der Waals surface area (Å²) in [5.74, 6) is 0.00885. The lowest BCUT2D eigenvalue weighted by atomic mass is 10.1. The fraction of sp³-hybridized carbons (Fsp3) is 0.471.